The van der Waals surface area contributed by atoms with Crippen LogP contribution in [0.1, 0.15) is 40.5 Å². The lowest BCUT2D eigenvalue weighted by Crippen LogP contribution is -2.50. The van der Waals surface area contributed by atoms with Crippen molar-refractivity contribution in [2.75, 3.05) is 30.9 Å². The summed E-state index contributed by atoms with van der Waals surface area (Å²) in [4.78, 5) is 24.1. The van der Waals surface area contributed by atoms with Gasteiger partial charge < -0.3 is 26.2 Å². The van der Waals surface area contributed by atoms with Crippen molar-refractivity contribution in [3.63, 3.8) is 0 Å². The first-order valence-electron chi connectivity index (χ1n) is 9.91. The number of carboxylic acid groups (broad SMARTS) is 1. The molecule has 0 saturated carbocycles. The fourth-order valence-electron chi connectivity index (χ4n) is 2.60. The molecule has 0 aliphatic heterocycles. The second kappa shape index (κ2) is 15.4. The summed E-state index contributed by atoms with van der Waals surface area (Å²) in [5, 5.41) is 15.4. The van der Waals surface area contributed by atoms with Crippen LogP contribution in [-0.4, -0.2) is 72.1 Å². The van der Waals surface area contributed by atoms with Crippen LogP contribution in [0.15, 0.2) is 0 Å². The Bertz CT molecular complexity index is 455. The fraction of sp³-hybridized carbons (Fsp3) is 0.895. The minimum Gasteiger partial charge on any atom is -0.480 e. The third kappa shape index (κ3) is 10.9. The predicted molar refractivity (Wildman–Crippen MR) is 120 cm³/mol. The Morgan fingerprint density at radius 2 is 1.93 bits per heavy atom. The molecule has 0 aromatic rings. The second-order valence-electron chi connectivity index (χ2n) is 7.52. The van der Waals surface area contributed by atoms with Crippen molar-refractivity contribution in [3.05, 3.63) is 0 Å². The molecule has 7 nitrogen and oxygen atoms in total. The maximum absolute atomic E-state index is 12.7. The zero-order valence-corrected chi connectivity index (χ0v) is 19.5. The number of thiol groups is 1. The van der Waals surface area contributed by atoms with Crippen LogP contribution in [0.5, 0.6) is 0 Å². The second-order valence-corrected chi connectivity index (χ2v) is 8.87. The van der Waals surface area contributed by atoms with E-state index in [9.17, 15) is 14.7 Å². The first-order chi connectivity index (χ1) is 13.2. The van der Waals surface area contributed by atoms with E-state index in [2.05, 4.69) is 37.1 Å². The molecule has 0 spiro atoms. The lowest BCUT2D eigenvalue weighted by molar-refractivity contribution is -0.146. The molecule has 0 aliphatic carbocycles. The molecule has 1 amide bonds. The van der Waals surface area contributed by atoms with Crippen molar-refractivity contribution in [2.45, 2.75) is 64.8 Å². The van der Waals surface area contributed by atoms with Crippen LogP contribution in [0.4, 0.5) is 0 Å². The van der Waals surface area contributed by atoms with Crippen LogP contribution in [-0.2, 0) is 14.3 Å². The summed E-state index contributed by atoms with van der Waals surface area (Å²) in [6, 6.07) is -0.898. The number of hydrogen-bond donors (Lipinski definition) is 5. The Morgan fingerprint density at radius 1 is 1.29 bits per heavy atom. The summed E-state index contributed by atoms with van der Waals surface area (Å²) in [5.74, 6) is 0.118. The van der Waals surface area contributed by atoms with E-state index in [1.807, 2.05) is 20.1 Å². The predicted octanol–water partition coefficient (Wildman–Crippen LogP) is 1.61. The topological polar surface area (TPSA) is 114 Å². The van der Waals surface area contributed by atoms with Crippen LogP contribution < -0.4 is 16.4 Å². The summed E-state index contributed by atoms with van der Waals surface area (Å²) >= 11 is 5.75. The monoisotopic (exact) mass is 437 g/mol. The molecule has 0 bridgehead atoms. The first-order valence-corrected chi connectivity index (χ1v) is 11.9. The number of amides is 1. The SMILES string of the molecule is CC[C@H](C)C(COC(C(=O)N[C@H](CCSC)C(=O)O)C(C)C)NCC(N)CS. The van der Waals surface area contributed by atoms with Gasteiger partial charge in [-0.05, 0) is 30.3 Å². The van der Waals surface area contributed by atoms with Gasteiger partial charge >= 0.3 is 5.97 Å². The van der Waals surface area contributed by atoms with E-state index in [1.54, 1.807) is 11.8 Å². The Morgan fingerprint density at radius 3 is 2.39 bits per heavy atom. The highest BCUT2D eigenvalue weighted by Gasteiger charge is 2.29. The van der Waals surface area contributed by atoms with E-state index in [0.717, 1.165) is 6.42 Å². The van der Waals surface area contributed by atoms with Gasteiger partial charge in [-0.15, -0.1) is 0 Å². The Kier molecular flexibility index (Phi) is 15.1. The molecule has 0 radical (unpaired) electrons. The lowest BCUT2D eigenvalue weighted by atomic mass is 9.99. The minimum atomic E-state index is -1.02. The highest BCUT2D eigenvalue weighted by Crippen LogP contribution is 2.13. The maximum atomic E-state index is 12.7. The third-order valence-corrected chi connectivity index (χ3v) is 5.87. The Labute approximate surface area is 179 Å². The number of carbonyl (C=O) groups is 2. The van der Waals surface area contributed by atoms with Gasteiger partial charge in [0.2, 0.25) is 5.91 Å². The fourth-order valence-corrected chi connectivity index (χ4v) is 3.20. The molecule has 28 heavy (non-hydrogen) atoms. The van der Waals surface area contributed by atoms with Gasteiger partial charge in [-0.3, -0.25) is 4.79 Å². The number of ether oxygens (including phenoxy) is 1. The maximum Gasteiger partial charge on any atom is 0.326 e. The molecule has 0 aliphatic rings. The van der Waals surface area contributed by atoms with Gasteiger partial charge in [0.15, 0.2) is 0 Å². The molecule has 5 N–H and O–H groups in total. The normalized spacial score (nSPS) is 17.0. The summed E-state index contributed by atoms with van der Waals surface area (Å²) in [5.41, 5.74) is 5.94. The molecule has 0 aromatic heterocycles. The highest BCUT2D eigenvalue weighted by molar-refractivity contribution is 7.98. The summed E-state index contributed by atoms with van der Waals surface area (Å²) in [6.07, 6.45) is 2.54. The van der Waals surface area contributed by atoms with E-state index in [4.69, 9.17) is 10.5 Å². The van der Waals surface area contributed by atoms with Gasteiger partial charge in [0.25, 0.3) is 0 Å². The number of carboxylic acids is 1. The van der Waals surface area contributed by atoms with Gasteiger partial charge in [0, 0.05) is 24.4 Å². The molecule has 5 atom stereocenters. The molecule has 0 heterocycles. The van der Waals surface area contributed by atoms with Crippen molar-refractivity contribution in [2.24, 2.45) is 17.6 Å². The smallest absolute Gasteiger partial charge is 0.326 e. The molecule has 3 unspecified atom stereocenters. The average molecular weight is 438 g/mol. The Hall–Kier alpha value is -0.480. The standard InChI is InChI=1S/C19H39N3O4S2/c1-6-13(4)16(21-9-14(20)11-27)10-26-17(12(2)3)18(23)22-15(19(24)25)7-8-28-5/h12-17,21,27H,6-11,20H2,1-5H3,(H,22,23)(H,24,25)/t13-,14?,15+,16?,17?/m0/s1. The minimum absolute atomic E-state index is 0.0492. The van der Waals surface area contributed by atoms with Crippen LogP contribution in [0, 0.1) is 11.8 Å². The van der Waals surface area contributed by atoms with Crippen LogP contribution >= 0.6 is 24.4 Å². The molecule has 0 fully saturated rings. The molecular weight excluding hydrogens is 398 g/mol. The molecular formula is C19H39N3O4S2. The number of aliphatic carboxylic acids is 1. The van der Waals surface area contributed by atoms with Crippen LogP contribution in [0.3, 0.4) is 0 Å². The zero-order chi connectivity index (χ0) is 21.7. The lowest BCUT2D eigenvalue weighted by Gasteiger charge is -2.29. The van der Waals surface area contributed by atoms with E-state index >= 15 is 0 Å². The Balaban J connectivity index is 4.94. The van der Waals surface area contributed by atoms with Crippen LogP contribution in [0.2, 0.25) is 0 Å². The van der Waals surface area contributed by atoms with Gasteiger partial charge in [-0.25, -0.2) is 4.79 Å². The van der Waals surface area contributed by atoms with Gasteiger partial charge in [0.05, 0.1) is 6.61 Å². The molecule has 0 saturated heterocycles. The van der Waals surface area contributed by atoms with Gasteiger partial charge in [-0.2, -0.15) is 24.4 Å². The van der Waals surface area contributed by atoms with Crippen molar-refractivity contribution in [1.29, 1.82) is 0 Å². The van der Waals surface area contributed by atoms with Gasteiger partial charge in [-0.1, -0.05) is 34.1 Å². The third-order valence-electron chi connectivity index (χ3n) is 4.75. The number of nitrogens with two attached hydrogens (primary N) is 1. The quantitative estimate of drug-likeness (QED) is 0.233. The summed E-state index contributed by atoms with van der Waals surface area (Å²) in [7, 11) is 0. The number of carbonyl (C=O) groups excluding carboxylic acids is 1. The molecule has 0 aromatic carbocycles. The number of thioether (sulfide) groups is 1. The number of rotatable bonds is 16. The van der Waals surface area contributed by atoms with Crippen molar-refractivity contribution >= 4 is 36.3 Å². The summed E-state index contributed by atoms with van der Waals surface area (Å²) < 4.78 is 5.97. The van der Waals surface area contributed by atoms with Crippen molar-refractivity contribution in [3.8, 4) is 0 Å². The number of hydrogen-bond acceptors (Lipinski definition) is 7. The zero-order valence-electron chi connectivity index (χ0n) is 17.8. The largest absolute Gasteiger partial charge is 0.480 e. The van der Waals surface area contributed by atoms with Crippen molar-refractivity contribution < 1.29 is 19.4 Å². The average Bonchev–Trinajstić information content (AvgIpc) is 2.65. The van der Waals surface area contributed by atoms with Crippen molar-refractivity contribution in [1.82, 2.24) is 10.6 Å². The van der Waals surface area contributed by atoms with E-state index < -0.39 is 18.1 Å². The molecule has 166 valence electrons. The molecule has 0 rings (SSSR count). The highest BCUT2D eigenvalue weighted by atomic mass is 32.2. The van der Waals surface area contributed by atoms with E-state index in [0.29, 0.717) is 37.0 Å². The van der Waals surface area contributed by atoms with E-state index in [1.165, 1.54) is 0 Å². The van der Waals surface area contributed by atoms with Gasteiger partial charge in [0.1, 0.15) is 12.1 Å². The van der Waals surface area contributed by atoms with Crippen LogP contribution in [0.25, 0.3) is 0 Å². The molecule has 9 heteroatoms. The summed E-state index contributed by atoms with van der Waals surface area (Å²) in [6.45, 7) is 8.99. The first kappa shape index (κ1) is 27.5. The number of nitrogens with one attached hydrogen (secondary N) is 2. The van der Waals surface area contributed by atoms with E-state index in [-0.39, 0.29) is 23.9 Å².